The van der Waals surface area contributed by atoms with Crippen molar-refractivity contribution in [2.24, 2.45) is 18.9 Å². The number of aromatic nitrogens is 4. The molecule has 0 bridgehead atoms. The normalized spacial score (nSPS) is 21.2. The maximum atomic E-state index is 12.7. The number of fused-ring (bicyclic) bond motifs is 1. The number of H-pyrrole nitrogens is 1. The van der Waals surface area contributed by atoms with Crippen molar-refractivity contribution in [1.82, 2.24) is 24.9 Å². The van der Waals surface area contributed by atoms with Crippen LogP contribution in [0.5, 0.6) is 0 Å². The smallest absolute Gasteiger partial charge is 0.230 e. The number of amides is 2. The van der Waals surface area contributed by atoms with Gasteiger partial charge in [0.25, 0.3) is 0 Å². The van der Waals surface area contributed by atoms with Crippen LogP contribution in [-0.4, -0.2) is 49.8 Å². The molecule has 1 aliphatic carbocycles. The number of likely N-dealkylation sites (tertiary alicyclic amines) is 1. The van der Waals surface area contributed by atoms with Gasteiger partial charge >= 0.3 is 0 Å². The summed E-state index contributed by atoms with van der Waals surface area (Å²) in [6.07, 6.45) is 3.68. The third-order valence-corrected chi connectivity index (χ3v) is 4.99. The van der Waals surface area contributed by atoms with Crippen LogP contribution in [-0.2, 0) is 16.6 Å². The molecule has 1 saturated heterocycles. The molecule has 8 nitrogen and oxygen atoms in total. The van der Waals surface area contributed by atoms with Crippen molar-refractivity contribution >= 4 is 28.7 Å². The van der Waals surface area contributed by atoms with Crippen molar-refractivity contribution in [2.45, 2.75) is 32.6 Å². The lowest BCUT2D eigenvalue weighted by atomic mass is 9.96. The highest BCUT2D eigenvalue weighted by Gasteiger charge is 2.36. The highest BCUT2D eigenvalue weighted by atomic mass is 16.2. The van der Waals surface area contributed by atoms with Crippen LogP contribution in [0.15, 0.2) is 0 Å². The molecule has 2 fully saturated rings. The SMILES string of the molecule is Cc1nn(C)c2n[nH]c(NC(=O)[C@@H]3CCCN(C(=O)C4CC4)C3)c12. The molecule has 0 radical (unpaired) electrons. The molecule has 0 spiro atoms. The molecular weight excluding hydrogens is 308 g/mol. The van der Waals surface area contributed by atoms with E-state index in [4.69, 9.17) is 0 Å². The maximum Gasteiger partial charge on any atom is 0.230 e. The molecule has 0 unspecified atom stereocenters. The van der Waals surface area contributed by atoms with Crippen molar-refractivity contribution in [3.05, 3.63) is 5.69 Å². The molecule has 24 heavy (non-hydrogen) atoms. The van der Waals surface area contributed by atoms with Crippen LogP contribution >= 0.6 is 0 Å². The summed E-state index contributed by atoms with van der Waals surface area (Å²) in [7, 11) is 1.82. The third-order valence-electron chi connectivity index (χ3n) is 4.99. The zero-order valence-electron chi connectivity index (χ0n) is 14.0. The number of carbonyl (C=O) groups is 2. The van der Waals surface area contributed by atoms with Crippen LogP contribution in [0, 0.1) is 18.8 Å². The Bertz CT molecular complexity index is 803. The number of rotatable bonds is 3. The fourth-order valence-electron chi connectivity index (χ4n) is 3.53. The molecule has 2 N–H and O–H groups in total. The van der Waals surface area contributed by atoms with Gasteiger partial charge in [0.1, 0.15) is 5.82 Å². The molecule has 2 aliphatic rings. The molecule has 2 aromatic rings. The molecule has 8 heteroatoms. The molecule has 2 amide bonds. The first kappa shape index (κ1) is 15.2. The second-order valence-corrected chi connectivity index (χ2v) is 6.89. The fraction of sp³-hybridized carbons (Fsp3) is 0.625. The largest absolute Gasteiger partial charge is 0.342 e. The topological polar surface area (TPSA) is 95.9 Å². The summed E-state index contributed by atoms with van der Waals surface area (Å²) in [5, 5.41) is 15.2. The Balaban J connectivity index is 1.47. The summed E-state index contributed by atoms with van der Waals surface area (Å²) >= 11 is 0. The number of hydrogen-bond acceptors (Lipinski definition) is 4. The van der Waals surface area contributed by atoms with E-state index in [9.17, 15) is 9.59 Å². The minimum atomic E-state index is -0.170. The minimum Gasteiger partial charge on any atom is -0.342 e. The number of carbonyl (C=O) groups excluding carboxylic acids is 2. The molecule has 1 atom stereocenters. The monoisotopic (exact) mass is 330 g/mol. The molecule has 4 rings (SSSR count). The third kappa shape index (κ3) is 2.55. The van der Waals surface area contributed by atoms with E-state index in [1.54, 1.807) is 4.68 Å². The van der Waals surface area contributed by atoms with Crippen molar-refractivity contribution in [3.63, 3.8) is 0 Å². The van der Waals surface area contributed by atoms with Gasteiger partial charge in [-0.25, -0.2) is 4.68 Å². The summed E-state index contributed by atoms with van der Waals surface area (Å²) in [5.74, 6) is 0.789. The van der Waals surface area contributed by atoms with Crippen LogP contribution in [0.1, 0.15) is 31.4 Å². The van der Waals surface area contributed by atoms with E-state index >= 15 is 0 Å². The lowest BCUT2D eigenvalue weighted by Crippen LogP contribution is -2.44. The van der Waals surface area contributed by atoms with Crippen LogP contribution in [0.3, 0.4) is 0 Å². The van der Waals surface area contributed by atoms with E-state index in [1.165, 1.54) is 0 Å². The molecular formula is C16H22N6O2. The second-order valence-electron chi connectivity index (χ2n) is 6.89. The number of nitrogens with one attached hydrogen (secondary N) is 2. The predicted molar refractivity (Wildman–Crippen MR) is 88.3 cm³/mol. The van der Waals surface area contributed by atoms with Crippen molar-refractivity contribution in [3.8, 4) is 0 Å². The number of piperidine rings is 1. The minimum absolute atomic E-state index is 0.0582. The summed E-state index contributed by atoms with van der Waals surface area (Å²) < 4.78 is 1.69. The fourth-order valence-corrected chi connectivity index (χ4v) is 3.53. The van der Waals surface area contributed by atoms with Gasteiger partial charge in [-0.05, 0) is 32.6 Å². The maximum absolute atomic E-state index is 12.7. The molecule has 0 aromatic carbocycles. The Morgan fingerprint density at radius 3 is 2.79 bits per heavy atom. The zero-order valence-corrected chi connectivity index (χ0v) is 14.0. The Kier molecular flexibility index (Phi) is 3.54. The number of nitrogens with zero attached hydrogens (tertiary/aromatic N) is 4. The zero-order chi connectivity index (χ0) is 16.8. The Labute approximate surface area is 139 Å². The van der Waals surface area contributed by atoms with Crippen molar-refractivity contribution in [2.75, 3.05) is 18.4 Å². The van der Waals surface area contributed by atoms with E-state index in [0.29, 0.717) is 12.4 Å². The standard InChI is InChI=1S/C16H22N6O2/c1-9-12-13(18-19-14(12)21(2)20-9)17-15(23)11-4-3-7-22(8-11)16(24)10-5-6-10/h10-11H,3-8H2,1-2H3,(H2,17,18,19,23)/t11-/m1/s1. The van der Waals surface area contributed by atoms with Crippen LogP contribution in [0.4, 0.5) is 5.82 Å². The first-order valence-electron chi connectivity index (χ1n) is 8.52. The molecule has 128 valence electrons. The average Bonchev–Trinajstić information content (AvgIpc) is 3.28. The van der Waals surface area contributed by atoms with Gasteiger partial charge in [-0.1, -0.05) is 0 Å². The Hall–Kier alpha value is -2.38. The van der Waals surface area contributed by atoms with Gasteiger partial charge in [0.15, 0.2) is 5.65 Å². The van der Waals surface area contributed by atoms with Crippen LogP contribution in [0.25, 0.3) is 11.0 Å². The van der Waals surface area contributed by atoms with E-state index in [1.807, 2.05) is 18.9 Å². The lowest BCUT2D eigenvalue weighted by molar-refractivity contribution is -0.135. The quantitative estimate of drug-likeness (QED) is 0.883. The van der Waals surface area contributed by atoms with Crippen molar-refractivity contribution in [1.29, 1.82) is 0 Å². The highest BCUT2D eigenvalue weighted by molar-refractivity contribution is 6.01. The van der Waals surface area contributed by atoms with Gasteiger partial charge in [-0.15, -0.1) is 0 Å². The average molecular weight is 330 g/mol. The lowest BCUT2D eigenvalue weighted by Gasteiger charge is -2.32. The summed E-state index contributed by atoms with van der Waals surface area (Å²) in [6, 6.07) is 0. The number of anilines is 1. The number of hydrogen-bond donors (Lipinski definition) is 2. The van der Waals surface area contributed by atoms with Gasteiger partial charge in [-0.2, -0.15) is 10.2 Å². The molecule has 1 saturated carbocycles. The summed E-state index contributed by atoms with van der Waals surface area (Å²) in [5.41, 5.74) is 1.54. The van der Waals surface area contributed by atoms with Gasteiger partial charge in [0, 0.05) is 26.1 Å². The second kappa shape index (κ2) is 5.61. The van der Waals surface area contributed by atoms with E-state index in [0.717, 1.165) is 49.0 Å². The molecule has 3 heterocycles. The van der Waals surface area contributed by atoms with Crippen LogP contribution in [0.2, 0.25) is 0 Å². The first-order valence-corrected chi connectivity index (χ1v) is 8.52. The Morgan fingerprint density at radius 2 is 2.04 bits per heavy atom. The van der Waals surface area contributed by atoms with Crippen LogP contribution < -0.4 is 5.32 Å². The van der Waals surface area contributed by atoms with Gasteiger partial charge < -0.3 is 10.2 Å². The first-order chi connectivity index (χ1) is 11.5. The van der Waals surface area contributed by atoms with Gasteiger partial charge in [-0.3, -0.25) is 14.7 Å². The number of aryl methyl sites for hydroxylation is 2. The predicted octanol–water partition coefficient (Wildman–Crippen LogP) is 1.19. The Morgan fingerprint density at radius 1 is 1.25 bits per heavy atom. The summed E-state index contributed by atoms with van der Waals surface area (Å²) in [4.78, 5) is 26.8. The van der Waals surface area contributed by atoms with Gasteiger partial charge in [0.2, 0.25) is 11.8 Å². The molecule has 2 aromatic heterocycles. The van der Waals surface area contributed by atoms with Crippen molar-refractivity contribution < 1.29 is 9.59 Å². The summed E-state index contributed by atoms with van der Waals surface area (Å²) in [6.45, 7) is 3.18. The van der Waals surface area contributed by atoms with E-state index in [2.05, 4.69) is 20.6 Å². The van der Waals surface area contributed by atoms with E-state index in [-0.39, 0.29) is 23.7 Å². The molecule has 1 aliphatic heterocycles. The van der Waals surface area contributed by atoms with Gasteiger partial charge in [0.05, 0.1) is 17.0 Å². The number of aromatic amines is 1. The van der Waals surface area contributed by atoms with E-state index < -0.39 is 0 Å². The highest BCUT2D eigenvalue weighted by Crippen LogP contribution is 2.33.